The first-order valence-corrected chi connectivity index (χ1v) is 11.7. The van der Waals surface area contributed by atoms with E-state index >= 15 is 0 Å². The van der Waals surface area contributed by atoms with Gasteiger partial charge >= 0.3 is 5.97 Å². The Labute approximate surface area is 174 Å². The van der Waals surface area contributed by atoms with Crippen molar-refractivity contribution in [1.82, 2.24) is 10.2 Å². The largest absolute Gasteiger partial charge is 0.477 e. The number of carboxylic acid groups (broad SMARTS) is 1. The molecule has 1 fully saturated rings. The van der Waals surface area contributed by atoms with E-state index in [1.807, 2.05) is 18.4 Å². The Morgan fingerprint density at radius 2 is 2.18 bits per heavy atom. The maximum absolute atomic E-state index is 12.9. The van der Waals surface area contributed by atoms with E-state index in [1.165, 1.54) is 46.9 Å². The lowest BCUT2D eigenvalue weighted by Gasteiger charge is -2.55. The molecule has 3 rings (SSSR count). The van der Waals surface area contributed by atoms with Crippen LogP contribution >= 0.6 is 34.9 Å². The molecule has 0 aromatic carbocycles. The van der Waals surface area contributed by atoms with Crippen LogP contribution in [0.2, 0.25) is 0 Å². The van der Waals surface area contributed by atoms with Gasteiger partial charge in [-0.2, -0.15) is 11.8 Å². The van der Waals surface area contributed by atoms with Crippen LogP contribution in [0.3, 0.4) is 0 Å². The van der Waals surface area contributed by atoms with Crippen LogP contribution in [0.4, 0.5) is 0 Å². The number of methoxy groups -OCH3 is 1. The lowest BCUT2D eigenvalue weighted by molar-refractivity contribution is -0.192. The molecule has 0 unspecified atom stereocenters. The number of hydrogen-bond donors (Lipinski definition) is 3. The quantitative estimate of drug-likeness (QED) is 0.399. The van der Waals surface area contributed by atoms with Crippen LogP contribution in [0.15, 0.2) is 23.4 Å². The fraction of sp³-hybridized carbons (Fsp3) is 0.471. The molecule has 2 amide bonds. The molecule has 1 aromatic heterocycles. The summed E-state index contributed by atoms with van der Waals surface area (Å²) in [5.41, 5.74) is 4.73. The Kier molecular flexibility index (Phi) is 6.40. The maximum Gasteiger partial charge on any atom is 0.352 e. The molecule has 3 heterocycles. The summed E-state index contributed by atoms with van der Waals surface area (Å²) in [5, 5.41) is 11.7. The minimum atomic E-state index is -1.55. The van der Waals surface area contributed by atoms with Gasteiger partial charge in [0.15, 0.2) is 0 Å². The van der Waals surface area contributed by atoms with Crippen molar-refractivity contribution in [3.63, 3.8) is 0 Å². The molecular formula is C17H21N3O5S3. The van der Waals surface area contributed by atoms with Crippen LogP contribution in [0.1, 0.15) is 9.75 Å². The number of nitrogens with zero attached hydrogens (tertiary/aromatic N) is 1. The number of thiophene rings is 1. The van der Waals surface area contributed by atoms with Gasteiger partial charge in [0.25, 0.3) is 11.6 Å². The highest BCUT2D eigenvalue weighted by molar-refractivity contribution is 8.00. The summed E-state index contributed by atoms with van der Waals surface area (Å²) in [7, 11) is 1.34. The third-order valence-electron chi connectivity index (χ3n) is 4.53. The summed E-state index contributed by atoms with van der Waals surface area (Å²) in [4.78, 5) is 40.2. The van der Waals surface area contributed by atoms with Crippen LogP contribution in [0.5, 0.6) is 0 Å². The molecule has 2 aliphatic rings. The second-order valence-electron chi connectivity index (χ2n) is 6.27. The number of aliphatic carboxylic acids is 1. The number of amides is 2. The molecule has 1 aromatic rings. The van der Waals surface area contributed by atoms with E-state index in [0.29, 0.717) is 23.6 Å². The molecule has 0 bridgehead atoms. The van der Waals surface area contributed by atoms with Crippen molar-refractivity contribution >= 4 is 52.6 Å². The number of hydrogen-bond acceptors (Lipinski definition) is 8. The molecular weight excluding hydrogens is 422 g/mol. The molecule has 152 valence electrons. The van der Waals surface area contributed by atoms with Crippen molar-refractivity contribution in [3.8, 4) is 0 Å². The van der Waals surface area contributed by atoms with Crippen molar-refractivity contribution in [3.05, 3.63) is 33.2 Å². The first kappa shape index (κ1) is 21.2. The number of rotatable bonds is 8. The molecule has 0 aliphatic carbocycles. The highest BCUT2D eigenvalue weighted by atomic mass is 32.2. The van der Waals surface area contributed by atoms with Crippen LogP contribution in [-0.4, -0.2) is 63.8 Å². The average Bonchev–Trinajstić information content (AvgIpc) is 3.12. The molecule has 1 saturated heterocycles. The SMILES string of the molecule is CO[C@@]1(NC(=O)Cc2ccc(CN)s2)C(=O)N2C(C(=O)O)=C(CSC)CS[C@@H]21. The van der Waals surface area contributed by atoms with Gasteiger partial charge in [-0.15, -0.1) is 23.1 Å². The van der Waals surface area contributed by atoms with Crippen molar-refractivity contribution in [2.24, 2.45) is 5.73 Å². The number of carboxylic acids is 1. The van der Waals surface area contributed by atoms with E-state index in [2.05, 4.69) is 5.32 Å². The third kappa shape index (κ3) is 3.57. The van der Waals surface area contributed by atoms with Gasteiger partial charge in [-0.3, -0.25) is 14.5 Å². The normalized spacial score (nSPS) is 24.0. The number of ether oxygens (including phenoxy) is 1. The molecule has 0 saturated carbocycles. The lowest BCUT2D eigenvalue weighted by atomic mass is 9.98. The number of carbonyl (C=O) groups excluding carboxylic acids is 2. The van der Waals surface area contributed by atoms with Gasteiger partial charge in [0.05, 0.1) is 6.42 Å². The van der Waals surface area contributed by atoms with Gasteiger partial charge in [0.2, 0.25) is 5.91 Å². The fourth-order valence-electron chi connectivity index (χ4n) is 3.27. The summed E-state index contributed by atoms with van der Waals surface area (Å²) in [6.07, 6.45) is 1.97. The Morgan fingerprint density at radius 3 is 2.75 bits per heavy atom. The summed E-state index contributed by atoms with van der Waals surface area (Å²) >= 11 is 4.33. The number of fused-ring (bicyclic) bond motifs is 1. The molecule has 0 spiro atoms. The zero-order valence-electron chi connectivity index (χ0n) is 15.4. The molecule has 11 heteroatoms. The monoisotopic (exact) mass is 443 g/mol. The number of nitrogens with two attached hydrogens (primary N) is 1. The fourth-order valence-corrected chi connectivity index (χ4v) is 6.32. The highest BCUT2D eigenvalue weighted by Gasteiger charge is 2.66. The van der Waals surface area contributed by atoms with Gasteiger partial charge in [-0.25, -0.2) is 4.79 Å². The standard InChI is InChI=1S/C17H21N3O5S3/c1-25-17(19-12(21)5-10-3-4-11(6-18)28-10)15(24)20-13(14(22)23)9(7-26-2)8-27-16(17)20/h3-4,16H,5-8,18H2,1-2H3,(H,19,21)(H,22,23)/t16-,17+/m1/s1. The first-order valence-electron chi connectivity index (χ1n) is 8.41. The number of carbonyl (C=O) groups is 3. The summed E-state index contributed by atoms with van der Waals surface area (Å²) < 4.78 is 5.43. The van der Waals surface area contributed by atoms with Crippen LogP contribution < -0.4 is 11.1 Å². The number of β-lactam (4-membered cyclic amide) rings is 1. The molecule has 2 aliphatic heterocycles. The topological polar surface area (TPSA) is 122 Å². The van der Waals surface area contributed by atoms with E-state index in [0.717, 1.165) is 9.75 Å². The zero-order valence-corrected chi connectivity index (χ0v) is 17.8. The molecule has 2 atom stereocenters. The predicted octanol–water partition coefficient (Wildman–Crippen LogP) is 0.825. The highest BCUT2D eigenvalue weighted by Crippen LogP contribution is 2.47. The van der Waals surface area contributed by atoms with Crippen molar-refractivity contribution in [2.45, 2.75) is 24.1 Å². The lowest BCUT2D eigenvalue weighted by Crippen LogP contribution is -2.80. The Bertz CT molecular complexity index is 840. The third-order valence-corrected chi connectivity index (χ3v) is 7.65. The number of thioether (sulfide) groups is 2. The summed E-state index contributed by atoms with van der Waals surface area (Å²) in [6, 6.07) is 3.69. The summed E-state index contributed by atoms with van der Waals surface area (Å²) in [6.45, 7) is 0.406. The maximum atomic E-state index is 12.9. The smallest absolute Gasteiger partial charge is 0.352 e. The van der Waals surface area contributed by atoms with Gasteiger partial charge in [0, 0.05) is 34.9 Å². The Hall–Kier alpha value is -1.53. The van der Waals surface area contributed by atoms with Crippen LogP contribution in [-0.2, 0) is 32.1 Å². The molecule has 4 N–H and O–H groups in total. The number of nitrogens with one attached hydrogen (secondary N) is 1. The minimum Gasteiger partial charge on any atom is -0.477 e. The van der Waals surface area contributed by atoms with Crippen LogP contribution in [0.25, 0.3) is 0 Å². The molecule has 28 heavy (non-hydrogen) atoms. The summed E-state index contributed by atoms with van der Waals surface area (Å²) in [5.74, 6) is -1.09. The van der Waals surface area contributed by atoms with Crippen LogP contribution in [0, 0.1) is 0 Å². The second kappa shape index (κ2) is 8.46. The first-order chi connectivity index (χ1) is 13.4. The average molecular weight is 444 g/mol. The van der Waals surface area contributed by atoms with Gasteiger partial charge in [-0.1, -0.05) is 0 Å². The van der Waals surface area contributed by atoms with Crippen molar-refractivity contribution in [2.75, 3.05) is 24.9 Å². The minimum absolute atomic E-state index is 0.00383. The van der Waals surface area contributed by atoms with E-state index in [4.69, 9.17) is 10.5 Å². The predicted molar refractivity (Wildman–Crippen MR) is 110 cm³/mol. The van der Waals surface area contributed by atoms with Gasteiger partial charge < -0.3 is 20.9 Å². The Morgan fingerprint density at radius 1 is 1.46 bits per heavy atom. The zero-order chi connectivity index (χ0) is 20.5. The van der Waals surface area contributed by atoms with Crippen molar-refractivity contribution in [1.29, 1.82) is 0 Å². The van der Waals surface area contributed by atoms with Gasteiger partial charge in [0.1, 0.15) is 11.1 Å². The van der Waals surface area contributed by atoms with E-state index in [-0.39, 0.29) is 18.0 Å². The van der Waals surface area contributed by atoms with E-state index < -0.39 is 23.0 Å². The Balaban J connectivity index is 1.79. The van der Waals surface area contributed by atoms with Crippen molar-refractivity contribution < 1.29 is 24.2 Å². The molecule has 8 nitrogen and oxygen atoms in total. The second-order valence-corrected chi connectivity index (χ2v) is 9.45. The van der Waals surface area contributed by atoms with E-state index in [1.54, 1.807) is 0 Å². The van der Waals surface area contributed by atoms with Gasteiger partial charge in [-0.05, 0) is 24.0 Å². The molecule has 0 radical (unpaired) electrons. The van der Waals surface area contributed by atoms with E-state index in [9.17, 15) is 19.5 Å².